The summed E-state index contributed by atoms with van der Waals surface area (Å²) in [5, 5.41) is 6.30. The minimum absolute atomic E-state index is 0.0139. The Kier molecular flexibility index (Phi) is 5.27. The fourth-order valence-electron chi connectivity index (χ4n) is 6.37. The number of carbonyl (C=O) groups excluding carboxylic acids is 2. The molecular formula is C25H34N4O2. The normalized spacial score (nSPS) is 27.1. The van der Waals surface area contributed by atoms with E-state index in [0.717, 1.165) is 31.2 Å². The van der Waals surface area contributed by atoms with Gasteiger partial charge in [0.2, 0.25) is 5.91 Å². The molecule has 31 heavy (non-hydrogen) atoms. The standard InChI is InChI=1S/C25H34N4O2/c1-25(2)17-11-10-16(20(25)12-17)14-26-24(31)21-8-5-9-22-27-19(15-29(21)22)13-23(30)28-18-6-3-4-7-18/h5,8-9,15-18,20H,3-4,6-7,10-14H2,1-2H3,(H,26,31)(H,28,30). The molecule has 0 saturated heterocycles. The number of carbonyl (C=O) groups is 2. The van der Waals surface area contributed by atoms with Crippen molar-refractivity contribution in [2.24, 2.45) is 23.2 Å². The second-order valence-electron chi connectivity index (χ2n) is 10.5. The van der Waals surface area contributed by atoms with Crippen LogP contribution in [-0.2, 0) is 11.2 Å². The van der Waals surface area contributed by atoms with Crippen molar-refractivity contribution in [3.05, 3.63) is 35.8 Å². The van der Waals surface area contributed by atoms with E-state index in [2.05, 4.69) is 29.5 Å². The molecule has 4 aliphatic carbocycles. The highest BCUT2D eigenvalue weighted by Crippen LogP contribution is 2.61. The minimum atomic E-state index is -0.0655. The van der Waals surface area contributed by atoms with Crippen LogP contribution in [0.25, 0.3) is 5.65 Å². The number of rotatable bonds is 6. The van der Waals surface area contributed by atoms with Gasteiger partial charge in [-0.3, -0.25) is 14.0 Å². The van der Waals surface area contributed by atoms with Gasteiger partial charge in [0.05, 0.1) is 12.1 Å². The summed E-state index contributed by atoms with van der Waals surface area (Å²) in [5.41, 5.74) is 2.41. The van der Waals surface area contributed by atoms with E-state index in [0.29, 0.717) is 34.4 Å². The summed E-state index contributed by atoms with van der Waals surface area (Å²) in [7, 11) is 0. The van der Waals surface area contributed by atoms with Crippen molar-refractivity contribution in [1.29, 1.82) is 0 Å². The Morgan fingerprint density at radius 1 is 1.16 bits per heavy atom. The second kappa shape index (κ2) is 7.95. The van der Waals surface area contributed by atoms with Gasteiger partial charge in [-0.15, -0.1) is 0 Å². The summed E-state index contributed by atoms with van der Waals surface area (Å²) in [4.78, 5) is 30.0. The third kappa shape index (κ3) is 3.85. The second-order valence-corrected chi connectivity index (χ2v) is 10.5. The average molecular weight is 423 g/mol. The van der Waals surface area contributed by atoms with Crippen molar-refractivity contribution in [3.63, 3.8) is 0 Å². The third-order valence-electron chi connectivity index (χ3n) is 8.36. The summed E-state index contributed by atoms with van der Waals surface area (Å²) in [6.07, 6.45) is 10.4. The van der Waals surface area contributed by atoms with Crippen LogP contribution in [0.2, 0.25) is 0 Å². The number of nitrogens with zero attached hydrogens (tertiary/aromatic N) is 2. The van der Waals surface area contributed by atoms with Gasteiger partial charge in [0.15, 0.2) is 0 Å². The van der Waals surface area contributed by atoms with E-state index < -0.39 is 0 Å². The average Bonchev–Trinajstić information content (AvgIpc) is 3.40. The molecule has 6 nitrogen and oxygen atoms in total. The van der Waals surface area contributed by atoms with Gasteiger partial charge in [0.25, 0.3) is 5.91 Å². The number of aromatic nitrogens is 2. The van der Waals surface area contributed by atoms with Crippen LogP contribution in [0.5, 0.6) is 0 Å². The zero-order valence-corrected chi connectivity index (χ0v) is 18.7. The highest BCUT2D eigenvalue weighted by molar-refractivity contribution is 5.93. The van der Waals surface area contributed by atoms with Crippen LogP contribution in [-0.4, -0.2) is 33.8 Å². The molecule has 6 heteroatoms. The van der Waals surface area contributed by atoms with Gasteiger partial charge in [-0.25, -0.2) is 4.98 Å². The molecule has 2 amide bonds. The van der Waals surface area contributed by atoms with Gasteiger partial charge in [-0.1, -0.05) is 32.8 Å². The summed E-state index contributed by atoms with van der Waals surface area (Å²) in [5.74, 6) is 2.11. The maximum absolute atomic E-state index is 13.0. The predicted molar refractivity (Wildman–Crippen MR) is 120 cm³/mol. The molecule has 0 spiro atoms. The Balaban J connectivity index is 1.24. The van der Waals surface area contributed by atoms with E-state index in [1.54, 1.807) is 0 Å². The van der Waals surface area contributed by atoms with Gasteiger partial charge in [-0.2, -0.15) is 0 Å². The van der Waals surface area contributed by atoms with E-state index in [1.807, 2.05) is 28.8 Å². The lowest BCUT2D eigenvalue weighted by Gasteiger charge is -2.60. The lowest BCUT2D eigenvalue weighted by molar-refractivity contribution is -0.121. The molecule has 0 aliphatic heterocycles. The summed E-state index contributed by atoms with van der Waals surface area (Å²) in [6.45, 7) is 5.51. The van der Waals surface area contributed by atoms with E-state index in [4.69, 9.17) is 0 Å². The largest absolute Gasteiger partial charge is 0.353 e. The molecule has 0 aromatic carbocycles. The van der Waals surface area contributed by atoms with Crippen LogP contribution >= 0.6 is 0 Å². The maximum atomic E-state index is 13.0. The Morgan fingerprint density at radius 3 is 2.71 bits per heavy atom. The molecular weight excluding hydrogens is 388 g/mol. The molecule has 4 saturated carbocycles. The highest BCUT2D eigenvalue weighted by atomic mass is 16.2. The van der Waals surface area contributed by atoms with Crippen molar-refractivity contribution >= 4 is 17.5 Å². The van der Waals surface area contributed by atoms with Gasteiger partial charge in [0.1, 0.15) is 11.3 Å². The van der Waals surface area contributed by atoms with Crippen LogP contribution in [0, 0.1) is 23.2 Å². The van der Waals surface area contributed by atoms with Crippen molar-refractivity contribution in [1.82, 2.24) is 20.0 Å². The van der Waals surface area contributed by atoms with Crippen LogP contribution in [0.3, 0.4) is 0 Å². The zero-order valence-electron chi connectivity index (χ0n) is 18.7. The molecule has 2 heterocycles. The first-order valence-electron chi connectivity index (χ1n) is 12.0. The molecule has 6 rings (SSSR count). The lowest BCUT2D eigenvalue weighted by Crippen LogP contribution is -2.54. The van der Waals surface area contributed by atoms with E-state index in [1.165, 1.54) is 32.1 Å². The minimum Gasteiger partial charge on any atom is -0.353 e. The molecule has 166 valence electrons. The van der Waals surface area contributed by atoms with E-state index in [9.17, 15) is 9.59 Å². The highest BCUT2D eigenvalue weighted by Gasteiger charge is 2.53. The first kappa shape index (κ1) is 20.5. The monoisotopic (exact) mass is 422 g/mol. The Labute approximate surface area is 184 Å². The summed E-state index contributed by atoms with van der Waals surface area (Å²) < 4.78 is 1.82. The molecule has 0 radical (unpaired) electrons. The third-order valence-corrected chi connectivity index (χ3v) is 8.36. The van der Waals surface area contributed by atoms with E-state index in [-0.39, 0.29) is 18.2 Å². The Bertz CT molecular complexity index is 987. The van der Waals surface area contributed by atoms with Gasteiger partial charge < -0.3 is 10.6 Å². The van der Waals surface area contributed by atoms with Crippen molar-refractivity contribution < 1.29 is 9.59 Å². The Hall–Kier alpha value is -2.37. The summed E-state index contributed by atoms with van der Waals surface area (Å²) in [6, 6.07) is 5.88. The quantitative estimate of drug-likeness (QED) is 0.745. The van der Waals surface area contributed by atoms with Crippen LogP contribution in [0.1, 0.15) is 75.0 Å². The van der Waals surface area contributed by atoms with Crippen LogP contribution in [0.4, 0.5) is 0 Å². The van der Waals surface area contributed by atoms with Crippen LogP contribution in [0.15, 0.2) is 24.4 Å². The van der Waals surface area contributed by atoms with Crippen molar-refractivity contribution in [2.75, 3.05) is 6.54 Å². The number of imidazole rings is 1. The smallest absolute Gasteiger partial charge is 0.268 e. The van der Waals surface area contributed by atoms with Crippen LogP contribution < -0.4 is 10.6 Å². The SMILES string of the molecule is CC1(C)C2CCC(CNC(=O)c3cccc4nc(CC(=O)NC5CCCC5)cn34)C1C2. The molecule has 4 fully saturated rings. The summed E-state index contributed by atoms with van der Waals surface area (Å²) >= 11 is 0. The maximum Gasteiger partial charge on any atom is 0.268 e. The number of nitrogens with one attached hydrogen (secondary N) is 2. The predicted octanol–water partition coefficient (Wildman–Crippen LogP) is 3.74. The number of hydrogen-bond donors (Lipinski definition) is 2. The molecule has 4 aliphatic rings. The molecule has 2 bridgehead atoms. The number of hydrogen-bond acceptors (Lipinski definition) is 3. The molecule has 3 unspecified atom stereocenters. The van der Waals surface area contributed by atoms with E-state index >= 15 is 0 Å². The molecule has 2 aromatic heterocycles. The van der Waals surface area contributed by atoms with Gasteiger partial charge in [0, 0.05) is 18.8 Å². The number of pyridine rings is 1. The lowest BCUT2D eigenvalue weighted by atomic mass is 9.45. The fourth-order valence-corrected chi connectivity index (χ4v) is 6.37. The number of amides is 2. The molecule has 3 atom stereocenters. The van der Waals surface area contributed by atoms with Gasteiger partial charge in [-0.05, 0) is 67.4 Å². The Morgan fingerprint density at radius 2 is 1.97 bits per heavy atom. The zero-order chi connectivity index (χ0) is 21.6. The first-order chi connectivity index (χ1) is 14.9. The molecule has 2 N–H and O–H groups in total. The fraction of sp³-hybridized carbons (Fsp3) is 0.640. The van der Waals surface area contributed by atoms with Gasteiger partial charge >= 0.3 is 0 Å². The topological polar surface area (TPSA) is 75.5 Å². The first-order valence-corrected chi connectivity index (χ1v) is 12.0. The molecule has 2 aromatic rings. The van der Waals surface area contributed by atoms with Crippen molar-refractivity contribution in [2.45, 2.75) is 71.3 Å². The van der Waals surface area contributed by atoms with Crippen molar-refractivity contribution in [3.8, 4) is 0 Å². The number of fused-ring (bicyclic) bond motifs is 3.